The number of aliphatic hydroxyl groups excluding tert-OH is 1. The summed E-state index contributed by atoms with van der Waals surface area (Å²) in [5.74, 6) is -1.52. The van der Waals surface area contributed by atoms with E-state index in [0.717, 1.165) is 38.5 Å². The van der Waals surface area contributed by atoms with E-state index in [1.165, 1.54) is 0 Å². The van der Waals surface area contributed by atoms with Crippen molar-refractivity contribution in [3.05, 3.63) is 12.7 Å². The van der Waals surface area contributed by atoms with Crippen LogP contribution in [0.4, 0.5) is 0 Å². The van der Waals surface area contributed by atoms with Crippen molar-refractivity contribution in [2.45, 2.75) is 94.2 Å². The van der Waals surface area contributed by atoms with Crippen LogP contribution in [0.5, 0.6) is 0 Å². The predicted molar refractivity (Wildman–Crippen MR) is 134 cm³/mol. The van der Waals surface area contributed by atoms with E-state index in [1.807, 2.05) is 25.7 Å². The van der Waals surface area contributed by atoms with Crippen LogP contribution in [0.2, 0.25) is 0 Å². The molecule has 0 aromatic carbocycles. The molecule has 2 unspecified atom stereocenters. The van der Waals surface area contributed by atoms with Crippen LogP contribution in [0, 0.1) is 11.8 Å². The molecule has 5 atom stereocenters. The van der Waals surface area contributed by atoms with Gasteiger partial charge in [-0.15, -0.1) is 18.3 Å². The summed E-state index contributed by atoms with van der Waals surface area (Å²) in [6.45, 7) is 15.0. The van der Waals surface area contributed by atoms with E-state index in [2.05, 4.69) is 13.5 Å². The number of fused-ring (bicyclic) bond motifs is 1. The number of esters is 1. The number of thioether (sulfide) groups is 1. The molecule has 0 aliphatic carbocycles. The Balaban J connectivity index is 2.01. The third-order valence-electron chi connectivity index (χ3n) is 7.75. The molecule has 0 radical (unpaired) electrons. The Morgan fingerprint density at radius 1 is 1.26 bits per heavy atom. The van der Waals surface area contributed by atoms with Crippen LogP contribution in [-0.4, -0.2) is 80.1 Å². The first-order chi connectivity index (χ1) is 16.0. The Hall–Kier alpha value is -1.54. The third kappa shape index (κ3) is 4.52. The molecule has 0 aromatic heterocycles. The minimum absolute atomic E-state index is 0.0557. The normalized spacial score (nSPS) is 32.1. The molecule has 0 aromatic rings. The lowest BCUT2D eigenvalue weighted by Crippen LogP contribution is -2.58. The second-order valence-corrected chi connectivity index (χ2v) is 13.0. The van der Waals surface area contributed by atoms with Crippen molar-refractivity contribution in [2.75, 3.05) is 26.3 Å². The molecule has 7 nitrogen and oxygen atoms in total. The first-order valence-electron chi connectivity index (χ1n) is 12.7. The van der Waals surface area contributed by atoms with Gasteiger partial charge in [-0.25, -0.2) is 0 Å². The summed E-state index contributed by atoms with van der Waals surface area (Å²) in [5.41, 5.74) is -0.429. The van der Waals surface area contributed by atoms with Crippen LogP contribution in [0.15, 0.2) is 12.7 Å². The second kappa shape index (κ2) is 10.2. The number of rotatable bonds is 11. The quantitative estimate of drug-likeness (QED) is 0.269. The van der Waals surface area contributed by atoms with Gasteiger partial charge in [0.05, 0.1) is 23.2 Å². The summed E-state index contributed by atoms with van der Waals surface area (Å²) in [6, 6.07) is -0.603. The SMILES string of the molecule is C=CCN(C(=O)C1N(CCCCCCO)C(=O)[C@@H]2[C@@H](C(=O)OCC)[C@@]3(C)CCC12S3)C(C)(C)C. The summed E-state index contributed by atoms with van der Waals surface area (Å²) in [7, 11) is 0. The molecule has 3 aliphatic rings. The smallest absolute Gasteiger partial charge is 0.311 e. The minimum atomic E-state index is -0.615. The fourth-order valence-corrected chi connectivity index (χ4v) is 8.59. The summed E-state index contributed by atoms with van der Waals surface area (Å²) < 4.78 is 4.42. The highest BCUT2D eigenvalue weighted by atomic mass is 32.2. The van der Waals surface area contributed by atoms with E-state index in [4.69, 9.17) is 9.84 Å². The van der Waals surface area contributed by atoms with E-state index in [-0.39, 0.29) is 31.0 Å². The molecule has 1 spiro atoms. The lowest BCUT2D eigenvalue weighted by atomic mass is 9.66. The molecule has 3 rings (SSSR count). The highest BCUT2D eigenvalue weighted by Crippen LogP contribution is 2.71. The van der Waals surface area contributed by atoms with Gasteiger partial charge in [0.1, 0.15) is 6.04 Å². The molecule has 3 fully saturated rings. The molecule has 3 heterocycles. The predicted octanol–water partition coefficient (Wildman–Crippen LogP) is 3.40. The number of carbonyl (C=O) groups is 3. The van der Waals surface area contributed by atoms with Crippen LogP contribution >= 0.6 is 11.8 Å². The Bertz CT molecular complexity index is 812. The Morgan fingerprint density at radius 3 is 2.53 bits per heavy atom. The Labute approximate surface area is 208 Å². The lowest BCUT2D eigenvalue weighted by molar-refractivity contribution is -0.155. The van der Waals surface area contributed by atoms with E-state index >= 15 is 0 Å². The highest BCUT2D eigenvalue weighted by molar-refractivity contribution is 8.02. The number of hydrogen-bond acceptors (Lipinski definition) is 6. The fourth-order valence-electron chi connectivity index (χ4n) is 6.25. The van der Waals surface area contributed by atoms with Gasteiger partial charge < -0.3 is 19.6 Å². The van der Waals surface area contributed by atoms with Crippen LogP contribution in [0.1, 0.15) is 73.1 Å². The van der Waals surface area contributed by atoms with Crippen LogP contribution in [0.25, 0.3) is 0 Å². The van der Waals surface area contributed by atoms with Crippen LogP contribution in [0.3, 0.4) is 0 Å². The topological polar surface area (TPSA) is 87.2 Å². The maximum atomic E-state index is 14.2. The molecule has 2 amide bonds. The number of amides is 2. The zero-order chi connectivity index (χ0) is 25.3. The van der Waals surface area contributed by atoms with Crippen molar-refractivity contribution in [3.8, 4) is 0 Å². The zero-order valence-electron chi connectivity index (χ0n) is 21.5. The van der Waals surface area contributed by atoms with Crippen molar-refractivity contribution in [1.29, 1.82) is 0 Å². The van der Waals surface area contributed by atoms with Crippen molar-refractivity contribution < 1.29 is 24.2 Å². The fraction of sp³-hybridized carbons (Fsp3) is 0.808. The van der Waals surface area contributed by atoms with Gasteiger partial charge in [0.25, 0.3) is 0 Å². The monoisotopic (exact) mass is 494 g/mol. The number of nitrogens with zero attached hydrogens (tertiary/aromatic N) is 2. The standard InChI is InChI=1S/C26H42N2O5S/c1-7-15-28(24(3,4)5)22(31)20-26-14-13-25(6,34-26)19(23(32)33-8-2)18(26)21(30)27(20)16-11-9-10-12-17-29/h7,18-20,29H,1,8-17H2,2-6H3/t18-,19-,20?,25+,26?/m0/s1. The third-order valence-corrected chi connectivity index (χ3v) is 9.73. The number of likely N-dealkylation sites (tertiary alicyclic amines) is 1. The van der Waals surface area contributed by atoms with Crippen molar-refractivity contribution in [2.24, 2.45) is 11.8 Å². The molecular formula is C26H42N2O5S. The summed E-state index contributed by atoms with van der Waals surface area (Å²) in [4.78, 5) is 44.9. The van der Waals surface area contributed by atoms with Crippen molar-refractivity contribution >= 4 is 29.5 Å². The number of hydrogen-bond donors (Lipinski definition) is 1. The average molecular weight is 495 g/mol. The second-order valence-electron chi connectivity index (χ2n) is 11.1. The molecule has 192 valence electrons. The maximum Gasteiger partial charge on any atom is 0.311 e. The van der Waals surface area contributed by atoms with Crippen LogP contribution < -0.4 is 0 Å². The van der Waals surface area contributed by atoms with E-state index < -0.39 is 32.9 Å². The van der Waals surface area contributed by atoms with Gasteiger partial charge in [-0.1, -0.05) is 18.9 Å². The highest BCUT2D eigenvalue weighted by Gasteiger charge is 2.77. The van der Waals surface area contributed by atoms with Crippen LogP contribution in [-0.2, 0) is 19.1 Å². The summed E-state index contributed by atoms with van der Waals surface area (Å²) in [5, 5.41) is 9.08. The lowest BCUT2D eigenvalue weighted by Gasteiger charge is -2.42. The van der Waals surface area contributed by atoms with Crippen molar-refractivity contribution in [3.63, 3.8) is 0 Å². The van der Waals surface area contributed by atoms with E-state index in [9.17, 15) is 14.4 Å². The summed E-state index contributed by atoms with van der Waals surface area (Å²) >= 11 is 1.68. The number of ether oxygens (including phenoxy) is 1. The van der Waals surface area contributed by atoms with Gasteiger partial charge in [-0.2, -0.15) is 0 Å². The number of unbranched alkanes of at least 4 members (excludes halogenated alkanes) is 3. The average Bonchev–Trinajstić information content (AvgIpc) is 3.32. The van der Waals surface area contributed by atoms with E-state index in [0.29, 0.717) is 13.1 Å². The van der Waals surface area contributed by atoms with Crippen molar-refractivity contribution in [1.82, 2.24) is 9.80 Å². The maximum absolute atomic E-state index is 14.2. The van der Waals surface area contributed by atoms with E-state index in [1.54, 1.807) is 29.7 Å². The molecule has 3 saturated heterocycles. The van der Waals surface area contributed by atoms with Gasteiger partial charge in [-0.05, 0) is 60.3 Å². The molecule has 34 heavy (non-hydrogen) atoms. The van der Waals surface area contributed by atoms with Gasteiger partial charge in [0.2, 0.25) is 11.8 Å². The number of carbonyl (C=O) groups excluding carboxylic acids is 3. The molecule has 2 bridgehead atoms. The Kier molecular flexibility index (Phi) is 8.13. The summed E-state index contributed by atoms with van der Waals surface area (Å²) in [6.07, 6.45) is 6.52. The molecular weight excluding hydrogens is 452 g/mol. The number of aliphatic hydroxyl groups is 1. The molecule has 0 saturated carbocycles. The molecule has 8 heteroatoms. The first kappa shape index (κ1) is 27.1. The minimum Gasteiger partial charge on any atom is -0.466 e. The zero-order valence-corrected chi connectivity index (χ0v) is 22.3. The van der Waals surface area contributed by atoms with Gasteiger partial charge >= 0.3 is 5.97 Å². The molecule has 3 aliphatic heterocycles. The van der Waals surface area contributed by atoms with Gasteiger partial charge in [-0.3, -0.25) is 14.4 Å². The van der Waals surface area contributed by atoms with Gasteiger partial charge in [0, 0.05) is 30.0 Å². The molecule has 1 N–H and O–H groups in total. The van der Waals surface area contributed by atoms with Gasteiger partial charge in [0.15, 0.2) is 0 Å². The first-order valence-corrected chi connectivity index (χ1v) is 13.5. The largest absolute Gasteiger partial charge is 0.466 e. The Morgan fingerprint density at radius 2 is 1.94 bits per heavy atom.